The number of rotatable bonds is 3. The molecule has 0 saturated carbocycles. The van der Waals surface area contributed by atoms with E-state index in [1.54, 1.807) is 24.3 Å². The van der Waals surface area contributed by atoms with Crippen molar-refractivity contribution in [3.63, 3.8) is 0 Å². The Morgan fingerprint density at radius 1 is 1.28 bits per heavy atom. The third-order valence-electron chi connectivity index (χ3n) is 5.15. The number of carbonyl (C=O) groups is 2. The van der Waals surface area contributed by atoms with Crippen molar-refractivity contribution in [3.8, 4) is 0 Å². The van der Waals surface area contributed by atoms with Crippen molar-refractivity contribution in [2.75, 3.05) is 6.54 Å². The highest BCUT2D eigenvalue weighted by Crippen LogP contribution is 2.57. The first-order valence-electron chi connectivity index (χ1n) is 8.15. The molecular formula is C19H16ClNO3S. The fraction of sp³-hybridized carbons (Fsp3) is 0.316. The second-order valence-electron chi connectivity index (χ2n) is 6.42. The number of carboxylic acids is 1. The van der Waals surface area contributed by atoms with Crippen LogP contribution in [-0.2, 0) is 4.79 Å². The van der Waals surface area contributed by atoms with Crippen molar-refractivity contribution in [2.24, 2.45) is 16.8 Å². The molecule has 4 rings (SSSR count). The molecule has 1 spiro atoms. The summed E-state index contributed by atoms with van der Waals surface area (Å²) < 4.78 is -0.530. The second kappa shape index (κ2) is 6.15. The molecule has 0 amide bonds. The first kappa shape index (κ1) is 16.6. The Kier molecular flexibility index (Phi) is 4.08. The molecule has 2 aliphatic heterocycles. The third-order valence-corrected chi connectivity index (χ3v) is 7.28. The molecule has 0 aromatic heterocycles. The summed E-state index contributed by atoms with van der Waals surface area (Å²) in [6, 6.07) is 6.82. The molecule has 1 aliphatic carbocycles. The van der Waals surface area contributed by atoms with E-state index in [0.29, 0.717) is 23.6 Å². The van der Waals surface area contributed by atoms with E-state index in [4.69, 9.17) is 11.6 Å². The summed E-state index contributed by atoms with van der Waals surface area (Å²) in [5.41, 5.74) is 1.26. The van der Waals surface area contributed by atoms with Gasteiger partial charge in [-0.1, -0.05) is 42.0 Å². The van der Waals surface area contributed by atoms with Crippen molar-refractivity contribution in [1.82, 2.24) is 0 Å². The van der Waals surface area contributed by atoms with Gasteiger partial charge in [-0.15, -0.1) is 11.8 Å². The Morgan fingerprint density at radius 3 is 2.84 bits per heavy atom. The van der Waals surface area contributed by atoms with E-state index >= 15 is 0 Å². The molecule has 1 saturated heterocycles. The van der Waals surface area contributed by atoms with Crippen LogP contribution < -0.4 is 0 Å². The maximum Gasteiger partial charge on any atom is 0.308 e. The lowest BCUT2D eigenvalue weighted by Gasteiger charge is -2.37. The van der Waals surface area contributed by atoms with Crippen molar-refractivity contribution in [3.05, 3.63) is 59.2 Å². The maximum atomic E-state index is 13.1. The molecule has 1 aromatic carbocycles. The van der Waals surface area contributed by atoms with Gasteiger partial charge in [0.2, 0.25) is 0 Å². The number of Topliss-reactive ketones (excluding diaryl/α,β-unsaturated/α-hetero) is 1. The first-order chi connectivity index (χ1) is 12.0. The molecule has 25 heavy (non-hydrogen) atoms. The fourth-order valence-corrected chi connectivity index (χ4v) is 6.23. The van der Waals surface area contributed by atoms with Gasteiger partial charge in [-0.2, -0.15) is 0 Å². The maximum absolute atomic E-state index is 13.1. The standard InChI is InChI=1S/C19H16ClNO3S/c20-13-6-2-1-5-11(13)16(22)17-15(18(23)24)12-8-10-21-14-7-3-4-9-19(12,14)25-17/h1-7,9,12,15,17H,8,10H2,(H,23,24). The summed E-state index contributed by atoms with van der Waals surface area (Å²) in [6.07, 6.45) is 8.44. The summed E-state index contributed by atoms with van der Waals surface area (Å²) >= 11 is 7.60. The van der Waals surface area contributed by atoms with Crippen LogP contribution in [0.5, 0.6) is 0 Å². The predicted molar refractivity (Wildman–Crippen MR) is 99.7 cm³/mol. The van der Waals surface area contributed by atoms with Crippen LogP contribution in [0.2, 0.25) is 5.02 Å². The summed E-state index contributed by atoms with van der Waals surface area (Å²) in [5.74, 6) is -2.05. The minimum atomic E-state index is -0.927. The van der Waals surface area contributed by atoms with Crippen LogP contribution in [0.25, 0.3) is 0 Å². The van der Waals surface area contributed by atoms with Gasteiger partial charge in [-0.25, -0.2) is 0 Å². The number of ketones is 1. The molecule has 128 valence electrons. The zero-order chi connectivity index (χ0) is 17.6. The molecule has 4 unspecified atom stereocenters. The van der Waals surface area contributed by atoms with Crippen molar-refractivity contribution in [2.45, 2.75) is 16.4 Å². The average Bonchev–Trinajstić information content (AvgIpc) is 2.95. The van der Waals surface area contributed by atoms with Gasteiger partial charge >= 0.3 is 5.97 Å². The number of aliphatic imine (C=N–C) groups is 1. The van der Waals surface area contributed by atoms with Crippen LogP contribution in [0.1, 0.15) is 16.8 Å². The number of nitrogens with zero attached hydrogens (tertiary/aromatic N) is 1. The van der Waals surface area contributed by atoms with E-state index < -0.39 is 21.9 Å². The van der Waals surface area contributed by atoms with Gasteiger partial charge in [0.15, 0.2) is 5.78 Å². The lowest BCUT2D eigenvalue weighted by Crippen LogP contribution is -2.44. The quantitative estimate of drug-likeness (QED) is 0.821. The number of carbonyl (C=O) groups excluding carboxylic acids is 1. The Bertz CT molecular complexity index is 847. The van der Waals surface area contributed by atoms with Crippen LogP contribution in [0.15, 0.2) is 53.6 Å². The van der Waals surface area contributed by atoms with Gasteiger partial charge in [0, 0.05) is 12.1 Å². The molecule has 1 fully saturated rings. The lowest BCUT2D eigenvalue weighted by atomic mass is 9.72. The number of carboxylic acid groups (broad SMARTS) is 1. The number of benzene rings is 1. The number of allylic oxidation sites excluding steroid dienone is 3. The Labute approximate surface area is 154 Å². The molecule has 1 N–H and O–H groups in total. The van der Waals surface area contributed by atoms with Crippen molar-refractivity contribution in [1.29, 1.82) is 0 Å². The normalized spacial score (nSPS) is 32.7. The van der Waals surface area contributed by atoms with E-state index in [9.17, 15) is 14.7 Å². The molecule has 6 heteroatoms. The number of halogens is 1. The SMILES string of the molecule is O=C(c1ccccc1Cl)C1SC23C=CC=CC2=NCCC3C1C(=O)O. The van der Waals surface area contributed by atoms with E-state index in [2.05, 4.69) is 4.99 Å². The van der Waals surface area contributed by atoms with Gasteiger partial charge in [0.25, 0.3) is 0 Å². The summed E-state index contributed by atoms with van der Waals surface area (Å²) in [5, 5.41) is 9.57. The van der Waals surface area contributed by atoms with Crippen LogP contribution in [0.3, 0.4) is 0 Å². The third kappa shape index (κ3) is 2.49. The molecule has 4 nitrogen and oxygen atoms in total. The number of hydrogen-bond donors (Lipinski definition) is 1. The number of hydrogen-bond acceptors (Lipinski definition) is 4. The number of thioether (sulfide) groups is 1. The average molecular weight is 374 g/mol. The highest BCUT2D eigenvalue weighted by atomic mass is 35.5. The highest BCUT2D eigenvalue weighted by Gasteiger charge is 2.60. The molecule has 2 heterocycles. The Morgan fingerprint density at radius 2 is 2.08 bits per heavy atom. The van der Waals surface area contributed by atoms with E-state index in [0.717, 1.165) is 5.71 Å². The molecule has 0 radical (unpaired) electrons. The van der Waals surface area contributed by atoms with E-state index in [1.807, 2.05) is 24.3 Å². The second-order valence-corrected chi connectivity index (χ2v) is 8.25. The molecule has 3 aliphatic rings. The zero-order valence-corrected chi connectivity index (χ0v) is 14.8. The minimum absolute atomic E-state index is 0.153. The van der Waals surface area contributed by atoms with Crippen molar-refractivity contribution >= 4 is 40.8 Å². The van der Waals surface area contributed by atoms with Gasteiger partial charge in [0.05, 0.1) is 26.6 Å². The zero-order valence-electron chi connectivity index (χ0n) is 13.3. The molecule has 4 atom stereocenters. The van der Waals surface area contributed by atoms with Gasteiger partial charge in [0.1, 0.15) is 0 Å². The summed E-state index contributed by atoms with van der Waals surface area (Å²) in [7, 11) is 0. The van der Waals surface area contributed by atoms with Gasteiger partial charge in [-0.05, 0) is 30.5 Å². The van der Waals surface area contributed by atoms with E-state index in [-0.39, 0.29) is 11.7 Å². The monoisotopic (exact) mass is 373 g/mol. The minimum Gasteiger partial charge on any atom is -0.481 e. The highest BCUT2D eigenvalue weighted by molar-refractivity contribution is 8.03. The Hall–Kier alpha value is -1.85. The summed E-state index contributed by atoms with van der Waals surface area (Å²) in [4.78, 5) is 29.8. The topological polar surface area (TPSA) is 66.7 Å². The van der Waals surface area contributed by atoms with E-state index in [1.165, 1.54) is 11.8 Å². The predicted octanol–water partition coefficient (Wildman–Crippen LogP) is 3.66. The number of aliphatic carboxylic acids is 1. The van der Waals surface area contributed by atoms with Crippen LogP contribution in [0, 0.1) is 11.8 Å². The van der Waals surface area contributed by atoms with Crippen LogP contribution >= 0.6 is 23.4 Å². The first-order valence-corrected chi connectivity index (χ1v) is 9.40. The molecular weight excluding hydrogens is 358 g/mol. The fourth-order valence-electron chi connectivity index (χ4n) is 4.05. The molecule has 0 bridgehead atoms. The summed E-state index contributed by atoms with van der Waals surface area (Å²) in [6.45, 7) is 0.595. The lowest BCUT2D eigenvalue weighted by molar-refractivity contribution is -0.143. The smallest absolute Gasteiger partial charge is 0.308 e. The van der Waals surface area contributed by atoms with Gasteiger partial charge in [-0.3, -0.25) is 14.6 Å². The van der Waals surface area contributed by atoms with Gasteiger partial charge < -0.3 is 5.11 Å². The molecule has 1 aromatic rings. The van der Waals surface area contributed by atoms with Crippen LogP contribution in [0.4, 0.5) is 0 Å². The Balaban J connectivity index is 1.79. The van der Waals surface area contributed by atoms with Crippen molar-refractivity contribution < 1.29 is 14.7 Å². The largest absolute Gasteiger partial charge is 0.481 e. The van der Waals surface area contributed by atoms with Crippen LogP contribution in [-0.4, -0.2) is 39.1 Å².